The number of carbonyl (C=O) groups excluding carboxylic acids is 1. The Morgan fingerprint density at radius 2 is 2.17 bits per heavy atom. The Morgan fingerprint density at radius 3 is 3.00 bits per heavy atom. The normalized spacial score (nSPS) is 19.7. The molecule has 6 nitrogen and oxygen atoms in total. The molecular weight excluding hydrogens is 326 g/mol. The molecule has 0 unspecified atom stereocenters. The first-order valence-electron chi connectivity index (χ1n) is 8.09. The topological polar surface area (TPSA) is 63.7 Å². The number of rotatable bonds is 4. The zero-order valence-electron chi connectivity index (χ0n) is 13.2. The summed E-state index contributed by atoms with van der Waals surface area (Å²) in [7, 11) is 0. The van der Waals surface area contributed by atoms with E-state index in [0.29, 0.717) is 13.0 Å². The molecule has 1 amide bonds. The lowest BCUT2D eigenvalue weighted by atomic mass is 10.1. The van der Waals surface area contributed by atoms with Gasteiger partial charge in [0.2, 0.25) is 0 Å². The van der Waals surface area contributed by atoms with Crippen LogP contribution in [0.2, 0.25) is 0 Å². The van der Waals surface area contributed by atoms with Crippen LogP contribution < -0.4 is 15.0 Å². The van der Waals surface area contributed by atoms with Gasteiger partial charge in [-0.1, -0.05) is 18.2 Å². The van der Waals surface area contributed by atoms with E-state index < -0.39 is 6.10 Å². The van der Waals surface area contributed by atoms with Crippen molar-refractivity contribution in [2.45, 2.75) is 19.1 Å². The first-order valence-corrected chi connectivity index (χ1v) is 8.97. The van der Waals surface area contributed by atoms with Gasteiger partial charge in [-0.05, 0) is 11.6 Å². The molecule has 126 valence electrons. The van der Waals surface area contributed by atoms with Crippen molar-refractivity contribution in [2.75, 3.05) is 31.2 Å². The molecule has 1 atom stereocenters. The number of hydrogen-bond donors (Lipinski definition) is 1. The molecule has 0 aliphatic carbocycles. The van der Waals surface area contributed by atoms with Crippen LogP contribution in [0, 0.1) is 0 Å². The Bertz CT molecular complexity index is 702. The van der Waals surface area contributed by atoms with Crippen LogP contribution in [0.25, 0.3) is 0 Å². The highest BCUT2D eigenvalue weighted by Crippen LogP contribution is 2.28. The Morgan fingerprint density at radius 1 is 1.33 bits per heavy atom. The van der Waals surface area contributed by atoms with Gasteiger partial charge in [0.15, 0.2) is 11.2 Å². The van der Waals surface area contributed by atoms with Crippen LogP contribution in [-0.2, 0) is 22.5 Å². The number of anilines is 1. The molecule has 0 bridgehead atoms. The third kappa shape index (κ3) is 3.22. The smallest absolute Gasteiger partial charge is 0.261 e. The van der Waals surface area contributed by atoms with Crippen LogP contribution in [0.5, 0.6) is 5.75 Å². The van der Waals surface area contributed by atoms with E-state index in [4.69, 9.17) is 9.47 Å². The molecule has 1 saturated heterocycles. The minimum Gasteiger partial charge on any atom is -0.480 e. The molecule has 1 N–H and O–H groups in total. The average molecular weight is 345 g/mol. The Kier molecular flexibility index (Phi) is 4.36. The molecule has 7 heteroatoms. The zero-order valence-corrected chi connectivity index (χ0v) is 14.1. The van der Waals surface area contributed by atoms with Crippen molar-refractivity contribution in [3.63, 3.8) is 0 Å². The van der Waals surface area contributed by atoms with E-state index in [1.165, 1.54) is 0 Å². The van der Waals surface area contributed by atoms with Crippen molar-refractivity contribution in [3.05, 3.63) is 40.9 Å². The van der Waals surface area contributed by atoms with Crippen molar-refractivity contribution in [3.8, 4) is 5.75 Å². The van der Waals surface area contributed by atoms with Crippen molar-refractivity contribution >= 4 is 22.4 Å². The third-order valence-corrected chi connectivity index (χ3v) is 5.15. The van der Waals surface area contributed by atoms with Crippen LogP contribution in [-0.4, -0.2) is 43.3 Å². The maximum Gasteiger partial charge on any atom is 0.261 e. The van der Waals surface area contributed by atoms with Gasteiger partial charge in [0.05, 0.1) is 25.5 Å². The standard InChI is InChI=1S/C17H19N3O3S/c21-16(15-9-12-3-1-2-4-14(12)23-15)18-10-13-11-24-17(19-13)20-5-7-22-8-6-20/h1-4,11,15H,5-10H2,(H,18,21)/t15-/m0/s1. The Hall–Kier alpha value is -2.12. The van der Waals surface area contributed by atoms with Crippen LogP contribution >= 0.6 is 11.3 Å². The number of benzene rings is 1. The van der Waals surface area contributed by atoms with E-state index in [1.54, 1.807) is 11.3 Å². The maximum absolute atomic E-state index is 12.3. The van der Waals surface area contributed by atoms with E-state index in [1.807, 2.05) is 29.6 Å². The van der Waals surface area contributed by atoms with Gasteiger partial charge in [-0.2, -0.15) is 0 Å². The van der Waals surface area contributed by atoms with Crippen LogP contribution in [0.4, 0.5) is 5.13 Å². The van der Waals surface area contributed by atoms with Gasteiger partial charge < -0.3 is 19.7 Å². The number of thiazole rings is 1. The van der Waals surface area contributed by atoms with E-state index in [-0.39, 0.29) is 5.91 Å². The lowest BCUT2D eigenvalue weighted by molar-refractivity contribution is -0.127. The molecule has 4 rings (SSSR count). The van der Waals surface area contributed by atoms with Crippen molar-refractivity contribution in [1.82, 2.24) is 10.3 Å². The molecule has 2 aliphatic rings. The van der Waals surface area contributed by atoms with Crippen molar-refractivity contribution in [2.24, 2.45) is 0 Å². The maximum atomic E-state index is 12.3. The highest BCUT2D eigenvalue weighted by atomic mass is 32.1. The minimum atomic E-state index is -0.445. The molecule has 24 heavy (non-hydrogen) atoms. The molecule has 0 saturated carbocycles. The number of aromatic nitrogens is 1. The predicted octanol–water partition coefficient (Wildman–Crippen LogP) is 1.60. The van der Waals surface area contributed by atoms with Crippen molar-refractivity contribution in [1.29, 1.82) is 0 Å². The van der Waals surface area contributed by atoms with E-state index in [2.05, 4.69) is 15.2 Å². The number of para-hydroxylation sites is 1. The molecule has 1 fully saturated rings. The summed E-state index contributed by atoms with van der Waals surface area (Å²) in [4.78, 5) is 19.1. The Labute approximate surface area is 144 Å². The number of nitrogens with one attached hydrogen (secondary N) is 1. The number of hydrogen-bond acceptors (Lipinski definition) is 6. The number of morpholine rings is 1. The monoisotopic (exact) mass is 345 g/mol. The summed E-state index contributed by atoms with van der Waals surface area (Å²) in [5.41, 5.74) is 1.96. The van der Waals surface area contributed by atoms with Gasteiger partial charge >= 0.3 is 0 Å². The SMILES string of the molecule is O=C(NCc1csc(N2CCOCC2)n1)[C@@H]1Cc2ccccc2O1. The minimum absolute atomic E-state index is 0.0906. The predicted molar refractivity (Wildman–Crippen MR) is 91.6 cm³/mol. The number of ether oxygens (including phenoxy) is 2. The number of nitrogens with zero attached hydrogens (tertiary/aromatic N) is 2. The molecule has 1 aromatic carbocycles. The van der Waals surface area contributed by atoms with Gasteiger partial charge in [0.25, 0.3) is 5.91 Å². The zero-order chi connectivity index (χ0) is 16.4. The van der Waals surface area contributed by atoms with Crippen LogP contribution in [0.1, 0.15) is 11.3 Å². The molecule has 0 radical (unpaired) electrons. The molecule has 2 aromatic rings. The summed E-state index contributed by atoms with van der Waals surface area (Å²) < 4.78 is 11.1. The van der Waals surface area contributed by atoms with E-state index in [9.17, 15) is 4.79 Å². The number of carbonyl (C=O) groups is 1. The highest BCUT2D eigenvalue weighted by Gasteiger charge is 2.28. The second-order valence-corrected chi connectivity index (χ2v) is 6.69. The lowest BCUT2D eigenvalue weighted by Crippen LogP contribution is -2.37. The van der Waals surface area contributed by atoms with Gasteiger partial charge in [-0.15, -0.1) is 11.3 Å². The van der Waals surface area contributed by atoms with Gasteiger partial charge in [-0.25, -0.2) is 4.98 Å². The average Bonchev–Trinajstić information content (AvgIpc) is 3.27. The highest BCUT2D eigenvalue weighted by molar-refractivity contribution is 7.13. The fraction of sp³-hybridized carbons (Fsp3) is 0.412. The van der Waals surface area contributed by atoms with Gasteiger partial charge in [0.1, 0.15) is 5.75 Å². The summed E-state index contributed by atoms with van der Waals surface area (Å²) in [5, 5.41) is 5.92. The van der Waals surface area contributed by atoms with E-state index >= 15 is 0 Å². The summed E-state index contributed by atoms with van der Waals surface area (Å²) in [5.74, 6) is 0.716. The van der Waals surface area contributed by atoms with Crippen LogP contribution in [0.15, 0.2) is 29.6 Å². The first kappa shape index (κ1) is 15.4. The summed E-state index contributed by atoms with van der Waals surface area (Å²) >= 11 is 1.61. The fourth-order valence-corrected chi connectivity index (χ4v) is 3.78. The molecule has 1 aromatic heterocycles. The second-order valence-electron chi connectivity index (χ2n) is 5.86. The van der Waals surface area contributed by atoms with Crippen LogP contribution in [0.3, 0.4) is 0 Å². The quantitative estimate of drug-likeness (QED) is 0.912. The van der Waals surface area contributed by atoms with E-state index in [0.717, 1.165) is 48.4 Å². The van der Waals surface area contributed by atoms with Gasteiger partial charge in [-0.3, -0.25) is 4.79 Å². The largest absolute Gasteiger partial charge is 0.480 e. The summed E-state index contributed by atoms with van der Waals surface area (Å²) in [6.45, 7) is 3.65. The lowest BCUT2D eigenvalue weighted by Gasteiger charge is -2.26. The van der Waals surface area contributed by atoms with Gasteiger partial charge in [0, 0.05) is 24.9 Å². The molecule has 0 spiro atoms. The molecular formula is C17H19N3O3S. The summed E-state index contributed by atoms with van der Waals surface area (Å²) in [6, 6.07) is 7.78. The number of fused-ring (bicyclic) bond motifs is 1. The molecule has 2 aliphatic heterocycles. The summed E-state index contributed by atoms with van der Waals surface area (Å²) in [6.07, 6.45) is 0.178. The first-order chi connectivity index (χ1) is 11.8. The van der Waals surface area contributed by atoms with Crippen molar-refractivity contribution < 1.29 is 14.3 Å². The Balaban J connectivity index is 1.31. The third-order valence-electron chi connectivity index (χ3n) is 4.20. The number of amides is 1. The second kappa shape index (κ2) is 6.78. The molecule has 3 heterocycles. The fourth-order valence-electron chi connectivity index (χ4n) is 2.90.